The fraction of sp³-hybridized carbons (Fsp3) is 0.556. The van der Waals surface area contributed by atoms with Crippen molar-refractivity contribution in [3.63, 3.8) is 0 Å². The van der Waals surface area contributed by atoms with E-state index in [2.05, 4.69) is 32.0 Å². The number of carboxylic acids is 1. The lowest BCUT2D eigenvalue weighted by molar-refractivity contribution is -0.137. The van der Waals surface area contributed by atoms with Gasteiger partial charge in [0.1, 0.15) is 0 Å². The van der Waals surface area contributed by atoms with E-state index in [9.17, 15) is 9.59 Å². The third kappa shape index (κ3) is 4.09. The molecule has 1 aliphatic rings. The third-order valence-corrected chi connectivity index (χ3v) is 4.22. The van der Waals surface area contributed by atoms with Gasteiger partial charge in [0, 0.05) is 25.1 Å². The van der Waals surface area contributed by atoms with E-state index in [1.54, 1.807) is 0 Å². The number of carbonyl (C=O) groups is 2. The van der Waals surface area contributed by atoms with Crippen molar-refractivity contribution in [2.75, 3.05) is 11.4 Å². The molecule has 0 spiro atoms. The lowest BCUT2D eigenvalue weighted by atomic mass is 9.94. The van der Waals surface area contributed by atoms with Gasteiger partial charge in [-0.1, -0.05) is 26.0 Å². The second-order valence-corrected chi connectivity index (χ2v) is 6.29. The van der Waals surface area contributed by atoms with Crippen molar-refractivity contribution in [1.82, 2.24) is 0 Å². The van der Waals surface area contributed by atoms with Crippen LogP contribution in [0.4, 0.5) is 5.69 Å². The fourth-order valence-electron chi connectivity index (χ4n) is 2.92. The first-order chi connectivity index (χ1) is 10.5. The Morgan fingerprint density at radius 1 is 1.23 bits per heavy atom. The summed E-state index contributed by atoms with van der Waals surface area (Å²) < 4.78 is 0. The number of rotatable bonds is 6. The molecule has 0 fully saturated rings. The van der Waals surface area contributed by atoms with Crippen LogP contribution in [-0.2, 0) is 16.0 Å². The molecule has 1 aromatic rings. The van der Waals surface area contributed by atoms with Crippen molar-refractivity contribution in [2.45, 2.75) is 58.3 Å². The molecular formula is C18H25NO3. The van der Waals surface area contributed by atoms with Crippen molar-refractivity contribution in [1.29, 1.82) is 0 Å². The first-order valence-electron chi connectivity index (χ1n) is 8.14. The van der Waals surface area contributed by atoms with Crippen LogP contribution in [-0.4, -0.2) is 23.5 Å². The summed E-state index contributed by atoms with van der Waals surface area (Å²) in [6.07, 6.45) is 3.80. The third-order valence-electron chi connectivity index (χ3n) is 4.22. The molecule has 0 aliphatic carbocycles. The van der Waals surface area contributed by atoms with Gasteiger partial charge in [0.25, 0.3) is 0 Å². The minimum atomic E-state index is -0.794. The number of nitrogens with zero attached hydrogens (tertiary/aromatic N) is 1. The number of carbonyl (C=O) groups excluding carboxylic acids is 1. The van der Waals surface area contributed by atoms with Crippen LogP contribution in [0.1, 0.15) is 63.0 Å². The molecule has 0 atom stereocenters. The van der Waals surface area contributed by atoms with Crippen molar-refractivity contribution in [2.24, 2.45) is 0 Å². The lowest BCUT2D eigenvalue weighted by Crippen LogP contribution is -2.35. The summed E-state index contributed by atoms with van der Waals surface area (Å²) >= 11 is 0. The van der Waals surface area contributed by atoms with Gasteiger partial charge in [0.15, 0.2) is 0 Å². The van der Waals surface area contributed by atoms with E-state index in [1.807, 2.05) is 4.90 Å². The Hall–Kier alpha value is -1.84. The summed E-state index contributed by atoms with van der Waals surface area (Å²) in [6.45, 7) is 5.12. The molecule has 1 aromatic carbocycles. The largest absolute Gasteiger partial charge is 0.481 e. The van der Waals surface area contributed by atoms with Crippen molar-refractivity contribution in [3.05, 3.63) is 29.3 Å². The molecule has 0 unspecified atom stereocenters. The highest BCUT2D eigenvalue weighted by Gasteiger charge is 2.22. The van der Waals surface area contributed by atoms with Gasteiger partial charge in [0.05, 0.1) is 0 Å². The van der Waals surface area contributed by atoms with Crippen LogP contribution in [0.2, 0.25) is 0 Å². The molecule has 0 bridgehead atoms. The molecule has 0 aromatic heterocycles. The standard InChI is InChI=1S/C18H25NO3/c1-13(2)14-9-10-16-15(12-14)6-5-11-19(16)17(20)7-3-4-8-18(21)22/h9-10,12-13H,3-8,11H2,1-2H3,(H,21,22). The Bertz CT molecular complexity index is 551. The van der Waals surface area contributed by atoms with Crippen LogP contribution in [0.3, 0.4) is 0 Å². The van der Waals surface area contributed by atoms with E-state index in [-0.39, 0.29) is 12.3 Å². The molecule has 120 valence electrons. The number of amides is 1. The zero-order valence-corrected chi connectivity index (χ0v) is 13.5. The molecule has 1 aliphatic heterocycles. The SMILES string of the molecule is CC(C)c1ccc2c(c1)CCCN2C(=O)CCCCC(=O)O. The minimum absolute atomic E-state index is 0.114. The Labute approximate surface area is 132 Å². The predicted octanol–water partition coefficient (Wildman–Crippen LogP) is 3.73. The molecule has 2 rings (SSSR count). The quantitative estimate of drug-likeness (QED) is 0.815. The number of unbranched alkanes of at least 4 members (excludes halogenated alkanes) is 1. The Kier molecular flexibility index (Phi) is 5.58. The molecule has 4 nitrogen and oxygen atoms in total. The van der Waals surface area contributed by atoms with Gasteiger partial charge in [-0.15, -0.1) is 0 Å². The molecule has 4 heteroatoms. The van der Waals surface area contributed by atoms with Crippen molar-refractivity contribution < 1.29 is 14.7 Å². The average molecular weight is 303 g/mol. The van der Waals surface area contributed by atoms with Crippen LogP contribution < -0.4 is 4.90 Å². The number of fused-ring (bicyclic) bond motifs is 1. The molecule has 1 heterocycles. The van der Waals surface area contributed by atoms with Gasteiger partial charge in [-0.2, -0.15) is 0 Å². The summed E-state index contributed by atoms with van der Waals surface area (Å²) in [6, 6.07) is 6.41. The van der Waals surface area contributed by atoms with E-state index in [1.165, 1.54) is 11.1 Å². The number of carboxylic acid groups (broad SMARTS) is 1. The summed E-state index contributed by atoms with van der Waals surface area (Å²) in [5.41, 5.74) is 3.62. The molecule has 0 saturated carbocycles. The lowest BCUT2D eigenvalue weighted by Gasteiger charge is -2.30. The zero-order valence-electron chi connectivity index (χ0n) is 13.5. The summed E-state index contributed by atoms with van der Waals surface area (Å²) in [5, 5.41) is 8.63. The molecule has 0 radical (unpaired) electrons. The van der Waals surface area contributed by atoms with Gasteiger partial charge in [0.2, 0.25) is 5.91 Å². The highest BCUT2D eigenvalue weighted by atomic mass is 16.4. The second kappa shape index (κ2) is 7.43. The number of benzene rings is 1. The summed E-state index contributed by atoms with van der Waals surface area (Å²) in [7, 11) is 0. The first kappa shape index (κ1) is 16.5. The topological polar surface area (TPSA) is 57.6 Å². The summed E-state index contributed by atoms with van der Waals surface area (Å²) in [4.78, 5) is 24.8. The van der Waals surface area contributed by atoms with Gasteiger partial charge in [-0.25, -0.2) is 0 Å². The highest BCUT2D eigenvalue weighted by Crippen LogP contribution is 2.30. The first-order valence-corrected chi connectivity index (χ1v) is 8.14. The van der Waals surface area contributed by atoms with E-state index in [4.69, 9.17) is 5.11 Å². The number of hydrogen-bond acceptors (Lipinski definition) is 2. The Morgan fingerprint density at radius 3 is 2.64 bits per heavy atom. The van der Waals surface area contributed by atoms with E-state index in [0.29, 0.717) is 25.2 Å². The smallest absolute Gasteiger partial charge is 0.303 e. The van der Waals surface area contributed by atoms with Gasteiger partial charge < -0.3 is 10.0 Å². The maximum Gasteiger partial charge on any atom is 0.303 e. The van der Waals surface area contributed by atoms with Crippen LogP contribution in [0.25, 0.3) is 0 Å². The van der Waals surface area contributed by atoms with Gasteiger partial charge in [-0.05, 0) is 48.8 Å². The Balaban J connectivity index is 2.02. The van der Waals surface area contributed by atoms with E-state index in [0.717, 1.165) is 25.1 Å². The zero-order chi connectivity index (χ0) is 16.1. The van der Waals surface area contributed by atoms with Gasteiger partial charge >= 0.3 is 5.97 Å². The van der Waals surface area contributed by atoms with Crippen LogP contribution >= 0.6 is 0 Å². The number of aryl methyl sites for hydroxylation is 1. The van der Waals surface area contributed by atoms with E-state index < -0.39 is 5.97 Å². The maximum absolute atomic E-state index is 12.4. The highest BCUT2D eigenvalue weighted by molar-refractivity contribution is 5.94. The van der Waals surface area contributed by atoms with Crippen molar-refractivity contribution >= 4 is 17.6 Å². The van der Waals surface area contributed by atoms with Gasteiger partial charge in [-0.3, -0.25) is 9.59 Å². The fourth-order valence-corrected chi connectivity index (χ4v) is 2.92. The molecule has 1 amide bonds. The summed E-state index contributed by atoms with van der Waals surface area (Å²) in [5.74, 6) is -0.187. The average Bonchev–Trinajstić information content (AvgIpc) is 2.49. The Morgan fingerprint density at radius 2 is 1.95 bits per heavy atom. The number of anilines is 1. The maximum atomic E-state index is 12.4. The van der Waals surface area contributed by atoms with Crippen LogP contribution in [0.15, 0.2) is 18.2 Å². The molecule has 0 saturated heterocycles. The minimum Gasteiger partial charge on any atom is -0.481 e. The predicted molar refractivity (Wildman–Crippen MR) is 87.3 cm³/mol. The van der Waals surface area contributed by atoms with Crippen molar-refractivity contribution in [3.8, 4) is 0 Å². The number of aliphatic carboxylic acids is 1. The molecule has 1 N–H and O–H groups in total. The molecule has 22 heavy (non-hydrogen) atoms. The normalized spacial score (nSPS) is 14.0. The van der Waals surface area contributed by atoms with Crippen LogP contribution in [0.5, 0.6) is 0 Å². The van der Waals surface area contributed by atoms with Crippen LogP contribution in [0, 0.1) is 0 Å². The monoisotopic (exact) mass is 303 g/mol. The van der Waals surface area contributed by atoms with E-state index >= 15 is 0 Å². The molecular weight excluding hydrogens is 278 g/mol. The number of hydrogen-bond donors (Lipinski definition) is 1. The second-order valence-electron chi connectivity index (χ2n) is 6.29.